The van der Waals surface area contributed by atoms with Crippen molar-refractivity contribution in [1.82, 2.24) is 9.88 Å². The highest BCUT2D eigenvalue weighted by molar-refractivity contribution is 7.15. The highest BCUT2D eigenvalue weighted by Gasteiger charge is 2.21. The maximum Gasteiger partial charge on any atom is 0.339 e. The number of nitrogens with one attached hydrogen (secondary N) is 1. The van der Waals surface area contributed by atoms with E-state index in [0.29, 0.717) is 12.1 Å². The van der Waals surface area contributed by atoms with E-state index >= 15 is 0 Å². The number of aryl methyl sites for hydroxylation is 1. The molecule has 0 atom stereocenters. The molecule has 2 heterocycles. The highest BCUT2D eigenvalue weighted by atomic mass is 32.1. The van der Waals surface area contributed by atoms with Gasteiger partial charge in [0.15, 0.2) is 0 Å². The molecule has 0 aliphatic rings. The Hall–Kier alpha value is -2.57. The number of carboxylic acid groups (broad SMARTS) is 1. The van der Waals surface area contributed by atoms with Crippen LogP contribution in [0.2, 0.25) is 0 Å². The first kappa shape index (κ1) is 18.2. The Kier molecular flexibility index (Phi) is 5.44. The molecular weight excluding hydrogens is 348 g/mol. The number of thiophene rings is 1. The van der Waals surface area contributed by atoms with Gasteiger partial charge in [0.2, 0.25) is 0 Å². The van der Waals surface area contributed by atoms with E-state index in [1.807, 2.05) is 61.0 Å². The standard InChI is InChI=1S/C20H22N2O3S/c1-13-14(2)26-19(18(13)20(23)24)22-10-4-5-16(22)12-21-11-15-6-8-17(25-3)9-7-15/h4-10,21H,11-12H2,1-3H3,(H,23,24). The predicted octanol–water partition coefficient (Wildman–Crippen LogP) is 4.15. The molecule has 3 rings (SSSR count). The fourth-order valence-electron chi connectivity index (χ4n) is 2.87. The summed E-state index contributed by atoms with van der Waals surface area (Å²) in [6, 6.07) is 11.9. The van der Waals surface area contributed by atoms with E-state index in [-0.39, 0.29) is 0 Å². The third-order valence-corrected chi connectivity index (χ3v) is 5.63. The number of ether oxygens (including phenoxy) is 1. The number of hydrogen-bond acceptors (Lipinski definition) is 4. The van der Waals surface area contributed by atoms with Gasteiger partial charge in [-0.15, -0.1) is 11.3 Å². The first-order valence-electron chi connectivity index (χ1n) is 8.34. The van der Waals surface area contributed by atoms with Gasteiger partial charge in [0.1, 0.15) is 10.8 Å². The number of benzene rings is 1. The molecule has 5 nitrogen and oxygen atoms in total. The van der Waals surface area contributed by atoms with Gasteiger partial charge in [-0.1, -0.05) is 12.1 Å². The van der Waals surface area contributed by atoms with Gasteiger partial charge in [0, 0.05) is 29.9 Å². The van der Waals surface area contributed by atoms with Crippen LogP contribution in [0.25, 0.3) is 5.00 Å². The quantitative estimate of drug-likeness (QED) is 0.656. The summed E-state index contributed by atoms with van der Waals surface area (Å²) in [5, 5.41) is 13.8. The van der Waals surface area contributed by atoms with Gasteiger partial charge < -0.3 is 19.7 Å². The number of nitrogens with zero attached hydrogens (tertiary/aromatic N) is 1. The SMILES string of the molecule is COc1ccc(CNCc2cccn2-c2sc(C)c(C)c2C(=O)O)cc1. The second kappa shape index (κ2) is 7.76. The van der Waals surface area contributed by atoms with Gasteiger partial charge in [-0.25, -0.2) is 4.79 Å². The summed E-state index contributed by atoms with van der Waals surface area (Å²) in [5.74, 6) is -0.0417. The molecule has 0 amide bonds. The Balaban J connectivity index is 1.75. The molecule has 2 aromatic heterocycles. The van der Waals surface area contributed by atoms with Crippen LogP contribution < -0.4 is 10.1 Å². The average molecular weight is 370 g/mol. The summed E-state index contributed by atoms with van der Waals surface area (Å²) in [4.78, 5) is 12.7. The van der Waals surface area contributed by atoms with Crippen LogP contribution in [0.1, 0.15) is 32.1 Å². The first-order valence-corrected chi connectivity index (χ1v) is 9.16. The lowest BCUT2D eigenvalue weighted by Crippen LogP contribution is -2.15. The lowest BCUT2D eigenvalue weighted by Gasteiger charge is -2.10. The molecule has 0 spiro atoms. The van der Waals surface area contributed by atoms with Crippen LogP contribution in [0.5, 0.6) is 5.75 Å². The minimum atomic E-state index is -0.882. The Morgan fingerprint density at radius 1 is 1.19 bits per heavy atom. The van der Waals surface area contributed by atoms with E-state index in [0.717, 1.165) is 39.0 Å². The minimum absolute atomic E-state index is 0.389. The molecule has 136 valence electrons. The molecule has 6 heteroatoms. The van der Waals surface area contributed by atoms with Crippen molar-refractivity contribution < 1.29 is 14.6 Å². The van der Waals surface area contributed by atoms with Crippen LogP contribution in [0, 0.1) is 13.8 Å². The van der Waals surface area contributed by atoms with Crippen LogP contribution in [-0.4, -0.2) is 22.8 Å². The van der Waals surface area contributed by atoms with Gasteiger partial charge in [0.05, 0.1) is 12.7 Å². The van der Waals surface area contributed by atoms with Crippen molar-refractivity contribution in [3.05, 3.63) is 69.9 Å². The molecule has 0 aliphatic carbocycles. The molecule has 0 bridgehead atoms. The summed E-state index contributed by atoms with van der Waals surface area (Å²) in [5.41, 5.74) is 3.42. The van der Waals surface area contributed by atoms with E-state index in [1.54, 1.807) is 7.11 Å². The van der Waals surface area contributed by atoms with Crippen LogP contribution >= 0.6 is 11.3 Å². The molecule has 0 saturated heterocycles. The van der Waals surface area contributed by atoms with E-state index in [1.165, 1.54) is 11.3 Å². The van der Waals surface area contributed by atoms with Crippen molar-refractivity contribution in [3.63, 3.8) is 0 Å². The van der Waals surface area contributed by atoms with Crippen molar-refractivity contribution >= 4 is 17.3 Å². The Bertz CT molecular complexity index is 910. The van der Waals surface area contributed by atoms with Crippen molar-refractivity contribution in [2.24, 2.45) is 0 Å². The number of hydrogen-bond donors (Lipinski definition) is 2. The summed E-state index contributed by atoms with van der Waals surface area (Å²) in [6.07, 6.45) is 1.92. The van der Waals surface area contributed by atoms with Crippen molar-refractivity contribution in [2.75, 3.05) is 7.11 Å². The summed E-state index contributed by atoms with van der Waals surface area (Å²) >= 11 is 1.52. The summed E-state index contributed by atoms with van der Waals surface area (Å²) in [6.45, 7) is 5.20. The molecule has 0 aliphatic heterocycles. The second-order valence-corrected chi connectivity index (χ2v) is 7.29. The normalized spacial score (nSPS) is 10.9. The van der Waals surface area contributed by atoms with Crippen molar-refractivity contribution in [1.29, 1.82) is 0 Å². The number of aromatic carboxylic acids is 1. The molecule has 3 aromatic rings. The van der Waals surface area contributed by atoms with Crippen molar-refractivity contribution in [2.45, 2.75) is 26.9 Å². The smallest absolute Gasteiger partial charge is 0.339 e. The molecule has 0 radical (unpaired) electrons. The minimum Gasteiger partial charge on any atom is -0.497 e. The number of aromatic nitrogens is 1. The van der Waals surface area contributed by atoms with E-state index < -0.39 is 5.97 Å². The Morgan fingerprint density at radius 3 is 2.58 bits per heavy atom. The van der Waals surface area contributed by atoms with Gasteiger partial charge in [-0.2, -0.15) is 0 Å². The third-order valence-electron chi connectivity index (χ3n) is 4.43. The monoisotopic (exact) mass is 370 g/mol. The lowest BCUT2D eigenvalue weighted by atomic mass is 10.1. The van der Waals surface area contributed by atoms with Crippen molar-refractivity contribution in [3.8, 4) is 10.8 Å². The fourth-order valence-corrected chi connectivity index (χ4v) is 4.03. The zero-order chi connectivity index (χ0) is 18.7. The third kappa shape index (κ3) is 3.66. The van der Waals surface area contributed by atoms with E-state index in [9.17, 15) is 9.90 Å². The summed E-state index contributed by atoms with van der Waals surface area (Å²) < 4.78 is 7.14. The first-order chi connectivity index (χ1) is 12.5. The zero-order valence-electron chi connectivity index (χ0n) is 15.1. The Morgan fingerprint density at radius 2 is 1.92 bits per heavy atom. The molecule has 2 N–H and O–H groups in total. The molecule has 0 unspecified atom stereocenters. The maximum atomic E-state index is 11.7. The number of rotatable bonds is 7. The number of methoxy groups -OCH3 is 1. The summed E-state index contributed by atoms with van der Waals surface area (Å²) in [7, 11) is 1.65. The van der Waals surface area contributed by atoms with Crippen LogP contribution in [0.3, 0.4) is 0 Å². The molecule has 26 heavy (non-hydrogen) atoms. The van der Waals surface area contributed by atoms with Gasteiger partial charge in [0.25, 0.3) is 0 Å². The number of carboxylic acids is 1. The van der Waals surface area contributed by atoms with E-state index in [2.05, 4.69) is 5.32 Å². The topological polar surface area (TPSA) is 63.5 Å². The van der Waals surface area contributed by atoms with Crippen LogP contribution in [-0.2, 0) is 13.1 Å². The van der Waals surface area contributed by atoms with Gasteiger partial charge >= 0.3 is 5.97 Å². The van der Waals surface area contributed by atoms with Gasteiger partial charge in [-0.3, -0.25) is 0 Å². The second-order valence-electron chi connectivity index (χ2n) is 6.09. The average Bonchev–Trinajstić information content (AvgIpc) is 3.20. The Labute approximate surface area is 156 Å². The van der Waals surface area contributed by atoms with Gasteiger partial charge in [-0.05, 0) is 49.2 Å². The molecular formula is C20H22N2O3S. The molecule has 0 fully saturated rings. The predicted molar refractivity (Wildman–Crippen MR) is 104 cm³/mol. The van der Waals surface area contributed by atoms with Crippen LogP contribution in [0.4, 0.5) is 0 Å². The largest absolute Gasteiger partial charge is 0.497 e. The fraction of sp³-hybridized carbons (Fsp3) is 0.250. The zero-order valence-corrected chi connectivity index (χ0v) is 15.9. The number of carbonyl (C=O) groups is 1. The highest BCUT2D eigenvalue weighted by Crippen LogP contribution is 2.32. The molecule has 0 saturated carbocycles. The van der Waals surface area contributed by atoms with Crippen LogP contribution in [0.15, 0.2) is 42.6 Å². The van der Waals surface area contributed by atoms with E-state index in [4.69, 9.17) is 4.74 Å². The maximum absolute atomic E-state index is 11.7. The lowest BCUT2D eigenvalue weighted by molar-refractivity contribution is 0.0696. The molecule has 1 aromatic carbocycles.